The largest absolute Gasteiger partial charge is 0.480 e. The number of likely N-dealkylation sites (tertiary alicyclic amines) is 1. The summed E-state index contributed by atoms with van der Waals surface area (Å²) in [6.07, 6.45) is 3.12. The van der Waals surface area contributed by atoms with E-state index >= 15 is 0 Å². The van der Waals surface area contributed by atoms with Gasteiger partial charge in [-0.15, -0.1) is 0 Å². The molecule has 2 aliphatic rings. The van der Waals surface area contributed by atoms with Crippen molar-refractivity contribution >= 4 is 5.69 Å². The lowest BCUT2D eigenvalue weighted by atomic mass is 9.95. The minimum absolute atomic E-state index is 0.141. The van der Waals surface area contributed by atoms with Gasteiger partial charge in [-0.2, -0.15) is 5.26 Å². The van der Waals surface area contributed by atoms with Gasteiger partial charge in [-0.25, -0.2) is 4.98 Å². The number of aliphatic hydroxyl groups excluding tert-OH is 2. The van der Waals surface area contributed by atoms with Crippen LogP contribution in [0, 0.1) is 23.2 Å². The Labute approximate surface area is 148 Å². The van der Waals surface area contributed by atoms with Crippen LogP contribution in [0.15, 0.2) is 12.3 Å². The number of aliphatic hydroxyl groups is 2. The fourth-order valence-electron chi connectivity index (χ4n) is 3.94. The van der Waals surface area contributed by atoms with Crippen LogP contribution in [0.2, 0.25) is 0 Å². The molecular weight excluding hydrogens is 320 g/mol. The Balaban J connectivity index is 1.72. The maximum atomic E-state index is 9.81. The maximum Gasteiger partial charge on any atom is 0.233 e. The highest BCUT2D eigenvalue weighted by Gasteiger charge is 2.35. The zero-order chi connectivity index (χ0) is 17.8. The van der Waals surface area contributed by atoms with Crippen LogP contribution < -0.4 is 9.64 Å². The molecule has 136 valence electrons. The summed E-state index contributed by atoms with van der Waals surface area (Å²) in [5.41, 5.74) is 1.27. The Kier molecular flexibility index (Phi) is 5.74. The highest BCUT2D eigenvalue weighted by Crippen LogP contribution is 2.33. The number of hydrogen-bond donors (Lipinski definition) is 2. The van der Waals surface area contributed by atoms with E-state index in [4.69, 9.17) is 4.74 Å². The third kappa shape index (κ3) is 3.87. The van der Waals surface area contributed by atoms with Crippen molar-refractivity contribution in [3.05, 3.63) is 17.8 Å². The molecule has 2 atom stereocenters. The van der Waals surface area contributed by atoms with E-state index in [0.29, 0.717) is 17.4 Å². The maximum absolute atomic E-state index is 9.81. The van der Waals surface area contributed by atoms with Gasteiger partial charge in [0.15, 0.2) is 0 Å². The summed E-state index contributed by atoms with van der Waals surface area (Å²) < 4.78 is 5.21. The molecule has 3 heterocycles. The third-order valence-electron chi connectivity index (χ3n) is 5.40. The fourth-order valence-corrected chi connectivity index (χ4v) is 3.94. The topological polar surface area (TPSA) is 92.8 Å². The molecule has 2 aliphatic heterocycles. The van der Waals surface area contributed by atoms with Crippen molar-refractivity contribution in [2.24, 2.45) is 11.8 Å². The minimum Gasteiger partial charge on any atom is -0.480 e. The molecule has 7 nitrogen and oxygen atoms in total. The second-order valence-electron chi connectivity index (χ2n) is 6.97. The van der Waals surface area contributed by atoms with Crippen molar-refractivity contribution in [1.82, 2.24) is 9.88 Å². The predicted molar refractivity (Wildman–Crippen MR) is 93.5 cm³/mol. The summed E-state index contributed by atoms with van der Waals surface area (Å²) in [5.74, 6) is 0.859. The molecule has 0 bridgehead atoms. The quantitative estimate of drug-likeness (QED) is 0.800. The first-order valence-electron chi connectivity index (χ1n) is 8.85. The Morgan fingerprint density at radius 3 is 2.68 bits per heavy atom. The van der Waals surface area contributed by atoms with Crippen LogP contribution in [0.5, 0.6) is 5.88 Å². The Morgan fingerprint density at radius 1 is 1.32 bits per heavy atom. The molecule has 3 rings (SSSR count). The fraction of sp³-hybridized carbons (Fsp3) is 0.667. The van der Waals surface area contributed by atoms with Gasteiger partial charge in [0.25, 0.3) is 0 Å². The van der Waals surface area contributed by atoms with E-state index in [1.165, 1.54) is 7.11 Å². The molecule has 0 aliphatic carbocycles. The number of hydrogen-bond acceptors (Lipinski definition) is 7. The van der Waals surface area contributed by atoms with E-state index in [9.17, 15) is 15.5 Å². The van der Waals surface area contributed by atoms with Crippen molar-refractivity contribution in [3.8, 4) is 11.9 Å². The Hall–Kier alpha value is -1.88. The molecule has 7 heteroatoms. The molecule has 0 saturated carbocycles. The van der Waals surface area contributed by atoms with Crippen LogP contribution in [0.4, 0.5) is 5.69 Å². The summed E-state index contributed by atoms with van der Waals surface area (Å²) >= 11 is 0. The Morgan fingerprint density at radius 2 is 2.04 bits per heavy atom. The standard InChI is InChI=1S/C18H26N4O3/c1-25-18-16(8-19)17(2-5-20-18)22-10-13(14(11-22)12-23)9-21-6-3-15(24)4-7-21/h2,5,13-15,23-24H,3-4,6-7,9-12H2,1H3/t13-,14-/m1/s1. The van der Waals surface area contributed by atoms with Gasteiger partial charge in [-0.05, 0) is 24.8 Å². The van der Waals surface area contributed by atoms with Crippen LogP contribution in [0.1, 0.15) is 18.4 Å². The van der Waals surface area contributed by atoms with Gasteiger partial charge in [0.2, 0.25) is 5.88 Å². The second-order valence-corrected chi connectivity index (χ2v) is 6.97. The van der Waals surface area contributed by atoms with Crippen LogP contribution in [-0.2, 0) is 0 Å². The van der Waals surface area contributed by atoms with E-state index < -0.39 is 0 Å². The van der Waals surface area contributed by atoms with E-state index in [-0.39, 0.29) is 18.6 Å². The van der Waals surface area contributed by atoms with Gasteiger partial charge in [0.05, 0.1) is 18.9 Å². The molecule has 1 aromatic heterocycles. The van der Waals surface area contributed by atoms with Crippen molar-refractivity contribution in [2.75, 3.05) is 51.3 Å². The first kappa shape index (κ1) is 17.9. The molecule has 2 fully saturated rings. The van der Waals surface area contributed by atoms with E-state index in [1.807, 2.05) is 6.07 Å². The SMILES string of the molecule is COc1nccc(N2C[C@@H](CN3CCC(O)CC3)[C@@H](CO)C2)c1C#N. The van der Waals surface area contributed by atoms with Crippen LogP contribution in [-0.4, -0.2) is 72.6 Å². The van der Waals surface area contributed by atoms with Gasteiger partial charge in [0.1, 0.15) is 11.6 Å². The summed E-state index contributed by atoms with van der Waals surface area (Å²) in [5, 5.41) is 29.0. The lowest BCUT2D eigenvalue weighted by Crippen LogP contribution is -2.40. The number of anilines is 1. The molecular formula is C18H26N4O3. The minimum atomic E-state index is -0.174. The Bertz CT molecular complexity index is 625. The predicted octanol–water partition coefficient (Wildman–Crippen LogP) is 0.463. The van der Waals surface area contributed by atoms with Crippen molar-refractivity contribution in [3.63, 3.8) is 0 Å². The number of aromatic nitrogens is 1. The molecule has 2 saturated heterocycles. The molecule has 0 amide bonds. The van der Waals surface area contributed by atoms with Crippen LogP contribution in [0.3, 0.4) is 0 Å². The van der Waals surface area contributed by atoms with Crippen molar-refractivity contribution in [1.29, 1.82) is 5.26 Å². The summed E-state index contributed by atoms with van der Waals surface area (Å²) in [6.45, 7) is 4.39. The summed E-state index contributed by atoms with van der Waals surface area (Å²) in [7, 11) is 1.51. The highest BCUT2D eigenvalue weighted by atomic mass is 16.5. The van der Waals surface area contributed by atoms with Crippen LogP contribution in [0.25, 0.3) is 0 Å². The number of methoxy groups -OCH3 is 1. The summed E-state index contributed by atoms with van der Waals surface area (Å²) in [4.78, 5) is 8.64. The lowest BCUT2D eigenvalue weighted by Gasteiger charge is -2.32. The molecule has 2 N–H and O–H groups in total. The monoisotopic (exact) mass is 346 g/mol. The molecule has 0 aromatic carbocycles. The molecule has 25 heavy (non-hydrogen) atoms. The molecule has 0 radical (unpaired) electrons. The molecule has 0 spiro atoms. The van der Waals surface area contributed by atoms with E-state index in [0.717, 1.165) is 51.3 Å². The van der Waals surface area contributed by atoms with Gasteiger partial charge < -0.3 is 24.7 Å². The number of piperidine rings is 1. The van der Waals surface area contributed by atoms with E-state index in [1.54, 1.807) is 6.20 Å². The first-order valence-corrected chi connectivity index (χ1v) is 8.85. The number of nitriles is 1. The average Bonchev–Trinajstić information content (AvgIpc) is 3.05. The number of rotatable bonds is 5. The third-order valence-corrected chi connectivity index (χ3v) is 5.40. The number of nitrogens with zero attached hydrogens (tertiary/aromatic N) is 4. The molecule has 1 aromatic rings. The van der Waals surface area contributed by atoms with E-state index in [2.05, 4.69) is 20.9 Å². The normalized spacial score (nSPS) is 25.1. The first-order chi connectivity index (χ1) is 12.2. The number of pyridine rings is 1. The van der Waals surface area contributed by atoms with Gasteiger partial charge in [-0.1, -0.05) is 0 Å². The summed E-state index contributed by atoms with van der Waals surface area (Å²) in [6, 6.07) is 4.04. The van der Waals surface area contributed by atoms with Gasteiger partial charge in [0, 0.05) is 51.4 Å². The highest BCUT2D eigenvalue weighted by molar-refractivity contribution is 5.63. The smallest absolute Gasteiger partial charge is 0.233 e. The average molecular weight is 346 g/mol. The zero-order valence-electron chi connectivity index (χ0n) is 14.6. The molecule has 0 unspecified atom stereocenters. The van der Waals surface area contributed by atoms with Gasteiger partial charge >= 0.3 is 0 Å². The van der Waals surface area contributed by atoms with Crippen molar-refractivity contribution in [2.45, 2.75) is 18.9 Å². The lowest BCUT2D eigenvalue weighted by molar-refractivity contribution is 0.0687. The van der Waals surface area contributed by atoms with Gasteiger partial charge in [-0.3, -0.25) is 0 Å². The van der Waals surface area contributed by atoms with Crippen LogP contribution >= 0.6 is 0 Å². The second kappa shape index (κ2) is 8.00. The number of ether oxygens (including phenoxy) is 1. The van der Waals surface area contributed by atoms with Crippen molar-refractivity contribution < 1.29 is 14.9 Å². The zero-order valence-corrected chi connectivity index (χ0v) is 14.6.